The molecule has 0 saturated carbocycles. The average Bonchev–Trinajstić information content (AvgIpc) is 2.90. The van der Waals surface area contributed by atoms with Crippen LogP contribution < -0.4 is 0 Å². The summed E-state index contributed by atoms with van der Waals surface area (Å²) in [7, 11) is 0. The summed E-state index contributed by atoms with van der Waals surface area (Å²) in [5.74, 6) is 0.222. The Morgan fingerprint density at radius 2 is 2.06 bits per heavy atom. The van der Waals surface area contributed by atoms with Gasteiger partial charge in [0.15, 0.2) is 5.78 Å². The fourth-order valence-electron chi connectivity index (χ4n) is 2.60. The molecule has 1 atom stereocenters. The number of carbonyl (C=O) groups is 1. The Morgan fingerprint density at radius 3 is 2.67 bits per heavy atom. The van der Waals surface area contributed by atoms with E-state index in [-0.39, 0.29) is 11.9 Å². The van der Waals surface area contributed by atoms with Crippen molar-refractivity contribution in [3.63, 3.8) is 0 Å². The van der Waals surface area contributed by atoms with E-state index in [0.29, 0.717) is 6.42 Å². The molecule has 1 aliphatic heterocycles. The van der Waals surface area contributed by atoms with Gasteiger partial charge >= 0.3 is 0 Å². The van der Waals surface area contributed by atoms with Crippen LogP contribution in [-0.2, 0) is 17.6 Å². The van der Waals surface area contributed by atoms with Crippen LogP contribution in [0.25, 0.3) is 0 Å². The van der Waals surface area contributed by atoms with Crippen LogP contribution in [0.5, 0.6) is 0 Å². The Balaban J connectivity index is 2.09. The molecule has 1 saturated heterocycles. The third-order valence-corrected chi connectivity index (χ3v) is 3.73. The zero-order valence-corrected chi connectivity index (χ0v) is 11.4. The fourth-order valence-corrected chi connectivity index (χ4v) is 2.60. The quantitative estimate of drug-likeness (QED) is 0.742. The number of hydrogen-bond acceptors (Lipinski definition) is 2. The van der Waals surface area contributed by atoms with E-state index in [4.69, 9.17) is 4.74 Å². The van der Waals surface area contributed by atoms with Gasteiger partial charge in [0.25, 0.3) is 0 Å². The van der Waals surface area contributed by atoms with E-state index in [1.54, 1.807) is 0 Å². The molecular formula is C16H22O2. The largest absolute Gasteiger partial charge is 0.378 e. The first kappa shape index (κ1) is 13.3. The molecule has 0 radical (unpaired) electrons. The van der Waals surface area contributed by atoms with Gasteiger partial charge in [0.1, 0.15) is 0 Å². The number of carbonyl (C=O) groups excluding carboxylic acids is 1. The zero-order valence-electron chi connectivity index (χ0n) is 11.4. The van der Waals surface area contributed by atoms with Crippen molar-refractivity contribution in [3.8, 4) is 0 Å². The predicted molar refractivity (Wildman–Crippen MR) is 73.1 cm³/mol. The van der Waals surface area contributed by atoms with Gasteiger partial charge in [0.05, 0.1) is 6.10 Å². The summed E-state index contributed by atoms with van der Waals surface area (Å²) in [6.45, 7) is 5.11. The standard InChI is InChI=1S/C16H22O2/c1-3-12-7-8-14(10-13(12)4-2)16(17)11-15-6-5-9-18-15/h7-8,10,15H,3-6,9,11H2,1-2H3. The molecular weight excluding hydrogens is 224 g/mol. The smallest absolute Gasteiger partial charge is 0.165 e. The summed E-state index contributed by atoms with van der Waals surface area (Å²) in [6.07, 6.45) is 4.82. The van der Waals surface area contributed by atoms with Gasteiger partial charge in [-0.05, 0) is 42.9 Å². The number of ketones is 1. The monoisotopic (exact) mass is 246 g/mol. The van der Waals surface area contributed by atoms with Crippen LogP contribution >= 0.6 is 0 Å². The van der Waals surface area contributed by atoms with Gasteiger partial charge < -0.3 is 4.74 Å². The Bertz CT molecular complexity index is 417. The van der Waals surface area contributed by atoms with Crippen molar-refractivity contribution in [2.75, 3.05) is 6.61 Å². The molecule has 0 amide bonds. The molecule has 0 aromatic heterocycles. The van der Waals surface area contributed by atoms with Gasteiger partial charge in [0, 0.05) is 18.6 Å². The van der Waals surface area contributed by atoms with Gasteiger partial charge in [0.2, 0.25) is 0 Å². The highest BCUT2D eigenvalue weighted by atomic mass is 16.5. The molecule has 1 aliphatic rings. The zero-order chi connectivity index (χ0) is 13.0. The third-order valence-electron chi connectivity index (χ3n) is 3.73. The Labute approximate surface area is 109 Å². The fraction of sp³-hybridized carbons (Fsp3) is 0.562. The predicted octanol–water partition coefficient (Wildman–Crippen LogP) is 3.56. The highest BCUT2D eigenvalue weighted by Crippen LogP contribution is 2.20. The molecule has 98 valence electrons. The first-order valence-electron chi connectivity index (χ1n) is 7.01. The lowest BCUT2D eigenvalue weighted by atomic mass is 9.96. The Kier molecular flexibility index (Phi) is 4.54. The van der Waals surface area contributed by atoms with E-state index >= 15 is 0 Å². The van der Waals surface area contributed by atoms with Crippen LogP contribution in [0.15, 0.2) is 18.2 Å². The van der Waals surface area contributed by atoms with Crippen molar-refractivity contribution >= 4 is 5.78 Å². The normalized spacial score (nSPS) is 19.1. The maximum absolute atomic E-state index is 12.2. The maximum Gasteiger partial charge on any atom is 0.165 e. The second kappa shape index (κ2) is 6.14. The Hall–Kier alpha value is -1.15. The SMILES string of the molecule is CCc1ccc(C(=O)CC2CCCO2)cc1CC. The average molecular weight is 246 g/mol. The van der Waals surface area contributed by atoms with E-state index in [0.717, 1.165) is 37.9 Å². The highest BCUT2D eigenvalue weighted by molar-refractivity contribution is 5.96. The number of Topliss-reactive ketones (excluding diaryl/α,β-unsaturated/α-hetero) is 1. The number of hydrogen-bond donors (Lipinski definition) is 0. The van der Waals surface area contributed by atoms with E-state index in [9.17, 15) is 4.79 Å². The van der Waals surface area contributed by atoms with Gasteiger partial charge in [-0.15, -0.1) is 0 Å². The lowest BCUT2D eigenvalue weighted by Gasteiger charge is -2.11. The first-order chi connectivity index (χ1) is 8.74. The molecule has 1 fully saturated rings. The third kappa shape index (κ3) is 2.99. The molecule has 0 bridgehead atoms. The van der Waals surface area contributed by atoms with Crippen molar-refractivity contribution in [2.45, 2.75) is 52.1 Å². The van der Waals surface area contributed by atoms with Gasteiger partial charge in [-0.3, -0.25) is 4.79 Å². The number of rotatable bonds is 5. The molecule has 0 spiro atoms. The van der Waals surface area contributed by atoms with E-state index < -0.39 is 0 Å². The van der Waals surface area contributed by atoms with Crippen LogP contribution in [0.2, 0.25) is 0 Å². The summed E-state index contributed by atoms with van der Waals surface area (Å²) in [5, 5.41) is 0. The maximum atomic E-state index is 12.2. The topological polar surface area (TPSA) is 26.3 Å². The lowest BCUT2D eigenvalue weighted by Crippen LogP contribution is -2.13. The molecule has 0 N–H and O–H groups in total. The molecule has 1 heterocycles. The summed E-state index contributed by atoms with van der Waals surface area (Å²) >= 11 is 0. The number of ether oxygens (including phenoxy) is 1. The number of benzene rings is 1. The molecule has 1 unspecified atom stereocenters. The molecule has 0 aliphatic carbocycles. The van der Waals surface area contributed by atoms with Crippen LogP contribution in [0.4, 0.5) is 0 Å². The molecule has 1 aromatic rings. The minimum Gasteiger partial charge on any atom is -0.378 e. The van der Waals surface area contributed by atoms with E-state index in [2.05, 4.69) is 26.0 Å². The summed E-state index contributed by atoms with van der Waals surface area (Å²) in [6, 6.07) is 6.13. The molecule has 2 rings (SSSR count). The summed E-state index contributed by atoms with van der Waals surface area (Å²) in [4.78, 5) is 12.2. The highest BCUT2D eigenvalue weighted by Gasteiger charge is 2.20. The molecule has 2 nitrogen and oxygen atoms in total. The van der Waals surface area contributed by atoms with E-state index in [1.165, 1.54) is 11.1 Å². The summed E-state index contributed by atoms with van der Waals surface area (Å²) in [5.41, 5.74) is 3.50. The second-order valence-electron chi connectivity index (χ2n) is 4.95. The van der Waals surface area contributed by atoms with Crippen molar-refractivity contribution in [1.82, 2.24) is 0 Å². The minimum atomic E-state index is 0.147. The van der Waals surface area contributed by atoms with Gasteiger partial charge in [-0.2, -0.15) is 0 Å². The van der Waals surface area contributed by atoms with Crippen LogP contribution in [0, 0.1) is 0 Å². The van der Waals surface area contributed by atoms with Gasteiger partial charge in [-0.25, -0.2) is 0 Å². The van der Waals surface area contributed by atoms with Crippen molar-refractivity contribution in [2.24, 2.45) is 0 Å². The molecule has 18 heavy (non-hydrogen) atoms. The van der Waals surface area contributed by atoms with E-state index in [1.807, 2.05) is 6.07 Å². The summed E-state index contributed by atoms with van der Waals surface area (Å²) < 4.78 is 5.53. The van der Waals surface area contributed by atoms with Crippen LogP contribution in [0.1, 0.15) is 54.6 Å². The molecule has 2 heteroatoms. The van der Waals surface area contributed by atoms with Crippen molar-refractivity contribution in [1.29, 1.82) is 0 Å². The molecule has 1 aromatic carbocycles. The van der Waals surface area contributed by atoms with Gasteiger partial charge in [-0.1, -0.05) is 26.0 Å². The minimum absolute atomic E-state index is 0.147. The first-order valence-corrected chi connectivity index (χ1v) is 7.01. The van der Waals surface area contributed by atoms with Crippen LogP contribution in [0.3, 0.4) is 0 Å². The second-order valence-corrected chi connectivity index (χ2v) is 4.95. The lowest BCUT2D eigenvalue weighted by molar-refractivity contribution is 0.0775. The number of aryl methyl sites for hydroxylation is 2. The van der Waals surface area contributed by atoms with Crippen molar-refractivity contribution < 1.29 is 9.53 Å². The van der Waals surface area contributed by atoms with Crippen molar-refractivity contribution in [3.05, 3.63) is 34.9 Å². The Morgan fingerprint density at radius 1 is 1.28 bits per heavy atom. The van der Waals surface area contributed by atoms with Crippen LogP contribution in [-0.4, -0.2) is 18.5 Å².